The van der Waals surface area contributed by atoms with Crippen molar-refractivity contribution in [2.24, 2.45) is 5.73 Å². The highest BCUT2D eigenvalue weighted by atomic mass is 16.2. The molecule has 0 saturated heterocycles. The van der Waals surface area contributed by atoms with Crippen LogP contribution in [0.4, 0.5) is 11.5 Å². The van der Waals surface area contributed by atoms with Crippen LogP contribution in [0.1, 0.15) is 41.3 Å². The molecule has 2 rings (SSSR count). The van der Waals surface area contributed by atoms with Crippen LogP contribution in [0.2, 0.25) is 0 Å². The third-order valence-corrected chi connectivity index (χ3v) is 4.47. The molecule has 0 unspecified atom stereocenters. The molecule has 0 aliphatic rings. The number of aromatic nitrogens is 2. The second-order valence-corrected chi connectivity index (χ2v) is 6.55. The van der Waals surface area contributed by atoms with Crippen LogP contribution in [0.25, 0.3) is 0 Å². The van der Waals surface area contributed by atoms with Crippen LogP contribution in [0.15, 0.2) is 24.3 Å². The van der Waals surface area contributed by atoms with E-state index in [0.717, 1.165) is 22.6 Å². The number of anilines is 2. The molecule has 0 radical (unpaired) electrons. The molecule has 0 fully saturated rings. The van der Waals surface area contributed by atoms with E-state index in [9.17, 15) is 9.59 Å². The lowest BCUT2D eigenvalue weighted by Crippen LogP contribution is -2.41. The maximum absolute atomic E-state index is 11.8. The van der Waals surface area contributed by atoms with Crippen molar-refractivity contribution in [2.75, 3.05) is 18.9 Å². The Morgan fingerprint density at radius 3 is 2.64 bits per heavy atom. The topological polar surface area (TPSA) is 122 Å². The average molecular weight is 384 g/mol. The summed E-state index contributed by atoms with van der Waals surface area (Å²) in [6.07, 6.45) is 1.35. The molecule has 1 atom stereocenters. The van der Waals surface area contributed by atoms with Gasteiger partial charge >= 0.3 is 0 Å². The van der Waals surface area contributed by atoms with Crippen molar-refractivity contribution < 1.29 is 9.59 Å². The van der Waals surface area contributed by atoms with Gasteiger partial charge in [-0.2, -0.15) is 0 Å². The molecule has 8 nitrogen and oxygen atoms in total. The predicted molar refractivity (Wildman–Crippen MR) is 110 cm³/mol. The summed E-state index contributed by atoms with van der Waals surface area (Å²) in [5, 5.41) is 8.94. The quantitative estimate of drug-likeness (QED) is 0.519. The zero-order valence-corrected chi connectivity index (χ0v) is 16.8. The van der Waals surface area contributed by atoms with Gasteiger partial charge in [-0.1, -0.05) is 19.1 Å². The summed E-state index contributed by atoms with van der Waals surface area (Å²) < 4.78 is 0. The number of hydrogen-bond acceptors (Lipinski definition) is 6. The first-order chi connectivity index (χ1) is 13.3. The normalized spacial score (nSPS) is 11.7. The van der Waals surface area contributed by atoms with Gasteiger partial charge in [-0.15, -0.1) is 0 Å². The Hall–Kier alpha value is -3.00. The Morgan fingerprint density at radius 2 is 2.00 bits per heavy atom. The van der Waals surface area contributed by atoms with Crippen molar-refractivity contribution in [3.05, 3.63) is 46.9 Å². The zero-order chi connectivity index (χ0) is 20.7. The molecule has 150 valence electrons. The monoisotopic (exact) mass is 384 g/mol. The van der Waals surface area contributed by atoms with E-state index < -0.39 is 5.91 Å². The number of nitrogens with zero attached hydrogens (tertiary/aromatic N) is 2. The molecule has 0 spiro atoms. The van der Waals surface area contributed by atoms with Crippen LogP contribution >= 0.6 is 0 Å². The maximum Gasteiger partial charge on any atom is 0.271 e. The summed E-state index contributed by atoms with van der Waals surface area (Å²) in [7, 11) is 1.75. The Labute approximate surface area is 165 Å². The molecule has 0 aliphatic heterocycles. The Kier molecular flexibility index (Phi) is 7.45. The van der Waals surface area contributed by atoms with Crippen molar-refractivity contribution >= 4 is 23.3 Å². The molecular weight excluding hydrogens is 356 g/mol. The fourth-order valence-corrected chi connectivity index (χ4v) is 2.70. The smallest absolute Gasteiger partial charge is 0.271 e. The molecule has 0 aliphatic carbocycles. The molecule has 0 saturated carbocycles. The summed E-state index contributed by atoms with van der Waals surface area (Å²) in [6.45, 7) is 6.15. The highest BCUT2D eigenvalue weighted by molar-refractivity contribution is 5.96. The van der Waals surface area contributed by atoms with E-state index in [1.54, 1.807) is 7.05 Å². The highest BCUT2D eigenvalue weighted by Crippen LogP contribution is 2.20. The maximum atomic E-state index is 11.8. The summed E-state index contributed by atoms with van der Waals surface area (Å²) in [4.78, 5) is 32.4. The lowest BCUT2D eigenvalue weighted by atomic mass is 10.1. The first kappa shape index (κ1) is 21.3. The number of carbonyl (C=O) groups excluding carboxylic acids is 2. The first-order valence-corrected chi connectivity index (χ1v) is 9.34. The van der Waals surface area contributed by atoms with E-state index in [2.05, 4.69) is 25.9 Å². The van der Waals surface area contributed by atoms with Crippen LogP contribution in [0.3, 0.4) is 0 Å². The summed E-state index contributed by atoms with van der Waals surface area (Å²) >= 11 is 0. The summed E-state index contributed by atoms with van der Waals surface area (Å²) in [5.41, 5.74) is 8.92. The first-order valence-electron chi connectivity index (χ1n) is 9.34. The van der Waals surface area contributed by atoms with Crippen LogP contribution < -0.4 is 21.7 Å². The molecule has 1 aromatic carbocycles. The number of carbonyl (C=O) groups is 2. The molecule has 5 N–H and O–H groups in total. The van der Waals surface area contributed by atoms with Crippen molar-refractivity contribution in [2.45, 2.75) is 39.7 Å². The fourth-order valence-electron chi connectivity index (χ4n) is 2.70. The van der Waals surface area contributed by atoms with Crippen LogP contribution in [0, 0.1) is 6.92 Å². The van der Waals surface area contributed by atoms with E-state index >= 15 is 0 Å². The van der Waals surface area contributed by atoms with Crippen LogP contribution in [-0.2, 0) is 17.6 Å². The number of benzene rings is 1. The molecule has 2 amide bonds. The van der Waals surface area contributed by atoms with Gasteiger partial charge in [0.2, 0.25) is 5.91 Å². The number of nitrogens with one attached hydrogen (secondary N) is 3. The van der Waals surface area contributed by atoms with E-state index in [0.29, 0.717) is 25.2 Å². The van der Waals surface area contributed by atoms with Gasteiger partial charge < -0.3 is 21.7 Å². The zero-order valence-electron chi connectivity index (χ0n) is 16.8. The number of nitrogens with two attached hydrogens (primary N) is 1. The van der Waals surface area contributed by atoms with Gasteiger partial charge in [0.05, 0.1) is 17.4 Å². The SMILES string of the molecule is CCc1nc(C(N)=O)c(Nc2cccc(CCNC(=O)[C@H](C)NC)c2)nc1C. The van der Waals surface area contributed by atoms with Crippen molar-refractivity contribution in [1.82, 2.24) is 20.6 Å². The van der Waals surface area contributed by atoms with E-state index in [4.69, 9.17) is 5.73 Å². The lowest BCUT2D eigenvalue weighted by Gasteiger charge is -2.13. The van der Waals surface area contributed by atoms with Crippen LogP contribution in [0.5, 0.6) is 0 Å². The number of hydrogen-bond donors (Lipinski definition) is 4. The standard InChI is InChI=1S/C20H28N6O2/c1-5-16-12(2)24-19(17(26-16)18(21)27)25-15-8-6-7-14(11-15)9-10-23-20(28)13(3)22-4/h6-8,11,13,22H,5,9-10H2,1-4H3,(H2,21,27)(H,23,28)(H,24,25)/t13-/m0/s1. The van der Waals surface area contributed by atoms with Crippen molar-refractivity contribution in [1.29, 1.82) is 0 Å². The number of primary amides is 1. The molecule has 0 bridgehead atoms. The molecular formula is C20H28N6O2. The third-order valence-electron chi connectivity index (χ3n) is 4.47. The van der Waals surface area contributed by atoms with E-state index in [1.165, 1.54) is 0 Å². The molecule has 8 heteroatoms. The summed E-state index contributed by atoms with van der Waals surface area (Å²) in [5.74, 6) is -0.317. The van der Waals surface area contributed by atoms with Gasteiger partial charge in [-0.3, -0.25) is 9.59 Å². The van der Waals surface area contributed by atoms with Gasteiger partial charge in [-0.25, -0.2) is 9.97 Å². The van der Waals surface area contributed by atoms with Gasteiger partial charge in [0.25, 0.3) is 5.91 Å². The lowest BCUT2D eigenvalue weighted by molar-refractivity contribution is -0.122. The molecule has 1 aromatic heterocycles. The molecule has 1 heterocycles. The minimum Gasteiger partial charge on any atom is -0.364 e. The fraction of sp³-hybridized carbons (Fsp3) is 0.400. The van der Waals surface area contributed by atoms with E-state index in [1.807, 2.05) is 45.0 Å². The largest absolute Gasteiger partial charge is 0.364 e. The Morgan fingerprint density at radius 1 is 1.25 bits per heavy atom. The van der Waals surface area contributed by atoms with E-state index in [-0.39, 0.29) is 17.6 Å². The van der Waals surface area contributed by atoms with Gasteiger partial charge in [-0.05, 0) is 51.4 Å². The number of aryl methyl sites for hydroxylation is 2. The second kappa shape index (κ2) is 9.80. The highest BCUT2D eigenvalue weighted by Gasteiger charge is 2.15. The number of rotatable bonds is 9. The number of amides is 2. The molecule has 2 aromatic rings. The minimum absolute atomic E-state index is 0.0374. The summed E-state index contributed by atoms with van der Waals surface area (Å²) in [6, 6.07) is 7.47. The van der Waals surface area contributed by atoms with Crippen LogP contribution in [-0.4, -0.2) is 41.4 Å². The minimum atomic E-state index is -0.623. The Bertz CT molecular complexity index is 853. The Balaban J connectivity index is 2.12. The number of likely N-dealkylation sites (N-methyl/N-ethyl adjacent to an activating group) is 1. The van der Waals surface area contributed by atoms with Crippen molar-refractivity contribution in [3.63, 3.8) is 0 Å². The second-order valence-electron chi connectivity index (χ2n) is 6.55. The van der Waals surface area contributed by atoms with Gasteiger partial charge in [0.15, 0.2) is 11.5 Å². The van der Waals surface area contributed by atoms with Crippen molar-refractivity contribution in [3.8, 4) is 0 Å². The predicted octanol–water partition coefficient (Wildman–Crippen LogP) is 1.46. The van der Waals surface area contributed by atoms with Gasteiger partial charge in [0, 0.05) is 12.2 Å². The average Bonchev–Trinajstić information content (AvgIpc) is 2.67. The van der Waals surface area contributed by atoms with Gasteiger partial charge in [0.1, 0.15) is 0 Å². The molecule has 28 heavy (non-hydrogen) atoms. The third kappa shape index (κ3) is 5.50.